The van der Waals surface area contributed by atoms with E-state index in [9.17, 15) is 32.4 Å². The van der Waals surface area contributed by atoms with Crippen molar-refractivity contribution in [3.05, 3.63) is 46.5 Å². The van der Waals surface area contributed by atoms with Crippen LogP contribution in [0.4, 0.5) is 9.59 Å². The molecule has 3 fully saturated rings. The van der Waals surface area contributed by atoms with Crippen LogP contribution < -0.4 is 15.4 Å². The lowest BCUT2D eigenvalue weighted by Crippen LogP contribution is -2.58. The molecule has 16 heteroatoms. The number of nitrogens with zero attached hydrogens (tertiary/aromatic N) is 2. The van der Waals surface area contributed by atoms with Crippen molar-refractivity contribution in [2.75, 3.05) is 13.1 Å². The molecule has 0 bridgehead atoms. The van der Waals surface area contributed by atoms with Crippen molar-refractivity contribution in [1.29, 1.82) is 0 Å². The zero-order valence-electron chi connectivity index (χ0n) is 29.8. The van der Waals surface area contributed by atoms with Gasteiger partial charge in [-0.15, -0.1) is 0 Å². The zero-order chi connectivity index (χ0) is 37.4. The number of ether oxygens (including phenoxy) is 2. The van der Waals surface area contributed by atoms with Gasteiger partial charge in [0.2, 0.25) is 21.8 Å². The summed E-state index contributed by atoms with van der Waals surface area (Å²) >= 11 is 6.42. The molecule has 0 aromatic heterocycles. The minimum atomic E-state index is -3.91. The second-order valence-corrected chi connectivity index (χ2v) is 17.9. The number of sulfonamides is 1. The summed E-state index contributed by atoms with van der Waals surface area (Å²) in [5.74, 6) is -2.52. The Labute approximate surface area is 309 Å². The molecule has 0 spiro atoms. The largest absolute Gasteiger partial charge is 0.444 e. The first-order valence-corrected chi connectivity index (χ1v) is 20.1. The summed E-state index contributed by atoms with van der Waals surface area (Å²) in [6.07, 6.45) is 6.12. The maximum Gasteiger partial charge on any atom is 0.410 e. The molecular formula is C36H48ClN5O9S. The fourth-order valence-electron chi connectivity index (χ4n) is 7.21. The summed E-state index contributed by atoms with van der Waals surface area (Å²) in [6, 6.07) is 3.35. The van der Waals surface area contributed by atoms with Gasteiger partial charge in [-0.05, 0) is 82.9 Å². The topological polar surface area (TPSA) is 181 Å². The van der Waals surface area contributed by atoms with Crippen LogP contribution in [0.3, 0.4) is 0 Å². The number of hydrogen-bond acceptors (Lipinski definition) is 9. The van der Waals surface area contributed by atoms with E-state index in [1.165, 1.54) is 9.80 Å². The zero-order valence-corrected chi connectivity index (χ0v) is 31.4. The Bertz CT molecular complexity index is 1740. The van der Waals surface area contributed by atoms with Crippen molar-refractivity contribution in [2.24, 2.45) is 5.92 Å². The van der Waals surface area contributed by atoms with Gasteiger partial charge in [0.1, 0.15) is 29.3 Å². The molecular weight excluding hydrogens is 714 g/mol. The molecule has 6 rings (SSSR count). The third-order valence-corrected chi connectivity index (χ3v) is 12.4. The number of fused-ring (bicyclic) bond motifs is 3. The van der Waals surface area contributed by atoms with E-state index in [0.29, 0.717) is 43.7 Å². The molecule has 5 amide bonds. The normalized spacial score (nSPS) is 28.2. The number of nitrogens with one attached hydrogen (secondary N) is 3. The lowest BCUT2D eigenvalue weighted by molar-refractivity contribution is -0.141. The van der Waals surface area contributed by atoms with E-state index in [-0.39, 0.29) is 32.4 Å². The van der Waals surface area contributed by atoms with Crippen molar-refractivity contribution in [1.82, 2.24) is 25.2 Å². The minimum Gasteiger partial charge on any atom is -0.444 e. The third kappa shape index (κ3) is 8.67. The fourth-order valence-corrected chi connectivity index (χ4v) is 8.83. The van der Waals surface area contributed by atoms with Crippen molar-refractivity contribution >= 4 is 51.5 Å². The lowest BCUT2D eigenvalue weighted by atomic mass is 10.0. The summed E-state index contributed by atoms with van der Waals surface area (Å²) in [6.45, 7) is 5.62. The average molecular weight is 762 g/mol. The van der Waals surface area contributed by atoms with Crippen LogP contribution in [0, 0.1) is 5.92 Å². The van der Waals surface area contributed by atoms with Gasteiger partial charge in [0.05, 0.1) is 18.3 Å². The molecule has 14 nitrogen and oxygen atoms in total. The Morgan fingerprint density at radius 2 is 1.85 bits per heavy atom. The molecule has 0 unspecified atom stereocenters. The number of carbonyl (C=O) groups excluding carboxylic acids is 5. The molecule has 5 atom stereocenters. The smallest absolute Gasteiger partial charge is 0.410 e. The van der Waals surface area contributed by atoms with Gasteiger partial charge in [0, 0.05) is 23.9 Å². The molecule has 52 heavy (non-hydrogen) atoms. The van der Waals surface area contributed by atoms with Crippen LogP contribution in [-0.2, 0) is 46.8 Å². The number of carbonyl (C=O) groups is 5. The fraction of sp³-hybridized carbons (Fsp3) is 0.639. The Balaban J connectivity index is 1.25. The van der Waals surface area contributed by atoms with E-state index in [0.717, 1.165) is 24.0 Å². The van der Waals surface area contributed by atoms with Gasteiger partial charge in [-0.1, -0.05) is 48.7 Å². The molecule has 1 aromatic rings. The number of alkyl carbamates (subject to hydrolysis) is 1. The van der Waals surface area contributed by atoms with Crippen molar-refractivity contribution in [2.45, 2.75) is 126 Å². The Morgan fingerprint density at radius 1 is 1.08 bits per heavy atom. The molecule has 0 radical (unpaired) electrons. The quantitative estimate of drug-likeness (QED) is 0.377. The van der Waals surface area contributed by atoms with E-state index >= 15 is 0 Å². The molecule has 284 valence electrons. The molecule has 3 aliphatic heterocycles. The van der Waals surface area contributed by atoms with Crippen LogP contribution in [0.5, 0.6) is 0 Å². The van der Waals surface area contributed by atoms with Crippen LogP contribution in [-0.4, -0.2) is 95.8 Å². The predicted molar refractivity (Wildman–Crippen MR) is 190 cm³/mol. The van der Waals surface area contributed by atoms with Crippen molar-refractivity contribution < 1.29 is 41.9 Å². The van der Waals surface area contributed by atoms with Gasteiger partial charge in [-0.2, -0.15) is 0 Å². The van der Waals surface area contributed by atoms with Crippen molar-refractivity contribution in [3.8, 4) is 0 Å². The van der Waals surface area contributed by atoms with Crippen LogP contribution in [0.2, 0.25) is 5.02 Å². The highest BCUT2D eigenvalue weighted by atomic mass is 35.5. The van der Waals surface area contributed by atoms with Crippen molar-refractivity contribution in [3.63, 3.8) is 0 Å². The summed E-state index contributed by atoms with van der Waals surface area (Å²) in [4.78, 5) is 71.4. The average Bonchev–Trinajstić information content (AvgIpc) is 3.99. The molecule has 3 heterocycles. The first-order valence-electron chi connectivity index (χ1n) is 18.1. The summed E-state index contributed by atoms with van der Waals surface area (Å²) in [5, 5.41) is 5.41. The predicted octanol–water partition coefficient (Wildman–Crippen LogP) is 3.70. The number of rotatable bonds is 5. The molecule has 2 saturated carbocycles. The van der Waals surface area contributed by atoms with Crippen LogP contribution >= 0.6 is 11.6 Å². The van der Waals surface area contributed by atoms with Crippen LogP contribution in [0.15, 0.2) is 30.4 Å². The molecule has 3 N–H and O–H groups in total. The first kappa shape index (κ1) is 37.9. The first-order chi connectivity index (χ1) is 24.6. The number of benzene rings is 1. The highest BCUT2D eigenvalue weighted by Crippen LogP contribution is 2.46. The van der Waals surface area contributed by atoms with Gasteiger partial charge >= 0.3 is 12.2 Å². The number of allylic oxidation sites excluding steroid dienone is 1. The van der Waals surface area contributed by atoms with Gasteiger partial charge < -0.3 is 29.9 Å². The highest BCUT2D eigenvalue weighted by molar-refractivity contribution is 7.91. The van der Waals surface area contributed by atoms with Gasteiger partial charge in [0.15, 0.2) is 0 Å². The monoisotopic (exact) mass is 761 g/mol. The SMILES string of the molecule is CC(C)(C)OC(=O)N[C@H]1CCCCCC=C[C@@H]2C[C@@]2(C(=O)NS(=O)(=O)C2CC2)NC(=O)[C@@H]2C[C@@H](OC(=O)N3CCc4cccc(Cl)c4C3)CN2C1=O. The number of amides is 5. The van der Waals surface area contributed by atoms with Crippen LogP contribution in [0.1, 0.15) is 89.7 Å². The van der Waals surface area contributed by atoms with E-state index in [4.69, 9.17) is 21.1 Å². The Kier molecular flexibility index (Phi) is 10.8. The van der Waals surface area contributed by atoms with E-state index in [1.54, 1.807) is 26.8 Å². The molecule has 1 saturated heterocycles. The minimum absolute atomic E-state index is 0.0772. The second kappa shape index (κ2) is 14.9. The van der Waals surface area contributed by atoms with Crippen LogP contribution in [0.25, 0.3) is 0 Å². The Morgan fingerprint density at radius 3 is 2.58 bits per heavy atom. The highest BCUT2D eigenvalue weighted by Gasteiger charge is 2.62. The van der Waals surface area contributed by atoms with E-state index in [2.05, 4.69) is 15.4 Å². The van der Waals surface area contributed by atoms with Gasteiger partial charge in [-0.3, -0.25) is 19.1 Å². The molecule has 5 aliphatic rings. The standard InChI is InChI=1S/C36H48ClN5O9S/c1-35(2,3)51-33(46)38-28-13-8-6-4-5-7-11-23-19-36(23,32(45)40-52(48,49)25-14-15-25)39-30(43)29-18-24(20-42(29)31(28)44)50-34(47)41-17-16-22-10-9-12-27(37)26(22)21-41/h7,9-12,23-25,28-29H,4-6,8,13-21H2,1-3H3,(H,38,46)(H,39,43)(H,40,45)/t23-,24-,28+,29+,36-/m1/s1. The Hall–Kier alpha value is -3.85. The van der Waals surface area contributed by atoms with E-state index < -0.39 is 80.4 Å². The lowest BCUT2D eigenvalue weighted by Gasteiger charge is -2.30. The number of hydrogen-bond donors (Lipinski definition) is 3. The number of halogens is 1. The maximum atomic E-state index is 14.3. The summed E-state index contributed by atoms with van der Waals surface area (Å²) in [5.41, 5.74) is -0.479. The maximum absolute atomic E-state index is 14.3. The summed E-state index contributed by atoms with van der Waals surface area (Å²) < 4.78 is 39.1. The molecule has 2 aliphatic carbocycles. The third-order valence-electron chi connectivity index (χ3n) is 10.3. The van der Waals surface area contributed by atoms with Gasteiger partial charge in [-0.25, -0.2) is 18.0 Å². The van der Waals surface area contributed by atoms with E-state index in [1.807, 2.05) is 24.3 Å². The molecule has 1 aromatic carbocycles. The van der Waals surface area contributed by atoms with Gasteiger partial charge in [0.25, 0.3) is 5.91 Å². The summed E-state index contributed by atoms with van der Waals surface area (Å²) in [7, 11) is -3.91. The second-order valence-electron chi connectivity index (χ2n) is 15.5.